The molecule has 2 aromatic rings. The quantitative estimate of drug-likeness (QED) is 0.649. The maximum absolute atomic E-state index is 12.0. The molecule has 0 aliphatic heterocycles. The maximum Gasteiger partial charge on any atom is 0.300 e. The first-order chi connectivity index (χ1) is 8.97. The van der Waals surface area contributed by atoms with Crippen molar-refractivity contribution in [2.45, 2.75) is 6.92 Å². The van der Waals surface area contributed by atoms with Crippen LogP contribution in [0.2, 0.25) is 0 Å². The molecular weight excluding hydrogens is 270 g/mol. The molecule has 9 heteroatoms. The lowest BCUT2D eigenvalue weighted by Crippen LogP contribution is -2.14. The molecule has 0 bridgehead atoms. The van der Waals surface area contributed by atoms with E-state index in [0.717, 1.165) is 18.0 Å². The van der Waals surface area contributed by atoms with Gasteiger partial charge in [0.2, 0.25) is 0 Å². The number of rotatable bonds is 3. The van der Waals surface area contributed by atoms with Gasteiger partial charge < -0.3 is 5.73 Å². The van der Waals surface area contributed by atoms with E-state index in [4.69, 9.17) is 5.73 Å². The van der Waals surface area contributed by atoms with Crippen molar-refractivity contribution in [2.75, 3.05) is 11.1 Å². The Bertz CT molecular complexity index is 654. The van der Waals surface area contributed by atoms with Crippen LogP contribution in [0.25, 0.3) is 0 Å². The van der Waals surface area contributed by atoms with E-state index >= 15 is 0 Å². The molecule has 98 valence electrons. The molecular formula is C10H9N5O3S. The molecule has 0 fully saturated rings. The largest absolute Gasteiger partial charge is 0.384 e. The zero-order chi connectivity index (χ0) is 14.0. The molecule has 2 heterocycles. The van der Waals surface area contributed by atoms with Gasteiger partial charge in [0, 0.05) is 5.38 Å². The van der Waals surface area contributed by atoms with Gasteiger partial charge in [-0.2, -0.15) is 0 Å². The standard InChI is InChI=1S/C10H9N5O3S/c1-5-4-19-10(13-5)14-9(16)6-2-8(11)12-3-7(6)15(17)18/h2-4H,1H3,(H2,11,12)(H,13,14,16). The first kappa shape index (κ1) is 12.9. The fourth-order valence-electron chi connectivity index (χ4n) is 1.37. The highest BCUT2D eigenvalue weighted by molar-refractivity contribution is 7.13. The van der Waals surface area contributed by atoms with E-state index in [1.807, 2.05) is 0 Å². The number of aromatic nitrogens is 2. The first-order valence-corrected chi connectivity index (χ1v) is 5.98. The molecule has 8 nitrogen and oxygen atoms in total. The number of anilines is 2. The predicted molar refractivity (Wildman–Crippen MR) is 70.1 cm³/mol. The molecule has 2 aromatic heterocycles. The summed E-state index contributed by atoms with van der Waals surface area (Å²) in [5.74, 6) is -0.610. The minimum Gasteiger partial charge on any atom is -0.384 e. The number of hydrogen-bond acceptors (Lipinski definition) is 7. The normalized spacial score (nSPS) is 10.2. The van der Waals surface area contributed by atoms with Crippen LogP contribution in [-0.4, -0.2) is 20.8 Å². The molecule has 0 aliphatic carbocycles. The van der Waals surface area contributed by atoms with Gasteiger partial charge in [-0.25, -0.2) is 9.97 Å². The van der Waals surface area contributed by atoms with Gasteiger partial charge in [-0.3, -0.25) is 20.2 Å². The number of amides is 1. The number of nitrogens with two attached hydrogens (primary N) is 1. The fraction of sp³-hybridized carbons (Fsp3) is 0.100. The van der Waals surface area contributed by atoms with E-state index < -0.39 is 16.5 Å². The minimum absolute atomic E-state index is 0.0334. The van der Waals surface area contributed by atoms with E-state index in [9.17, 15) is 14.9 Å². The number of nitrogen functional groups attached to an aromatic ring is 1. The third-order valence-corrected chi connectivity index (χ3v) is 3.06. The third-order valence-electron chi connectivity index (χ3n) is 2.18. The van der Waals surface area contributed by atoms with Crippen molar-refractivity contribution in [3.63, 3.8) is 0 Å². The number of carbonyl (C=O) groups excluding carboxylic acids is 1. The first-order valence-electron chi connectivity index (χ1n) is 5.11. The van der Waals surface area contributed by atoms with Crippen LogP contribution in [0.5, 0.6) is 0 Å². The molecule has 0 atom stereocenters. The van der Waals surface area contributed by atoms with Crippen molar-refractivity contribution >= 4 is 33.9 Å². The molecule has 3 N–H and O–H groups in total. The van der Waals surface area contributed by atoms with Gasteiger partial charge in [-0.1, -0.05) is 0 Å². The summed E-state index contributed by atoms with van der Waals surface area (Å²) in [4.78, 5) is 29.7. The average molecular weight is 279 g/mol. The van der Waals surface area contributed by atoms with Gasteiger partial charge in [0.15, 0.2) is 5.13 Å². The van der Waals surface area contributed by atoms with Gasteiger partial charge in [-0.15, -0.1) is 11.3 Å². The maximum atomic E-state index is 12.0. The highest BCUT2D eigenvalue weighted by atomic mass is 32.1. The number of hydrogen-bond donors (Lipinski definition) is 2. The summed E-state index contributed by atoms with van der Waals surface area (Å²) in [5.41, 5.74) is 5.64. The second-order valence-corrected chi connectivity index (χ2v) is 4.49. The van der Waals surface area contributed by atoms with Crippen LogP contribution in [0.15, 0.2) is 17.6 Å². The zero-order valence-corrected chi connectivity index (χ0v) is 10.6. The van der Waals surface area contributed by atoms with E-state index in [-0.39, 0.29) is 11.4 Å². The van der Waals surface area contributed by atoms with Gasteiger partial charge in [0.1, 0.15) is 17.6 Å². The van der Waals surface area contributed by atoms with Crippen LogP contribution >= 0.6 is 11.3 Å². The van der Waals surface area contributed by atoms with Crippen molar-refractivity contribution in [3.05, 3.63) is 39.0 Å². The Hall–Kier alpha value is -2.55. The summed E-state index contributed by atoms with van der Waals surface area (Å²) in [6.45, 7) is 1.78. The third kappa shape index (κ3) is 2.83. The average Bonchev–Trinajstić information content (AvgIpc) is 2.74. The van der Waals surface area contributed by atoms with Crippen molar-refractivity contribution in [3.8, 4) is 0 Å². The van der Waals surface area contributed by atoms with E-state index in [2.05, 4.69) is 15.3 Å². The van der Waals surface area contributed by atoms with Gasteiger partial charge in [-0.05, 0) is 13.0 Å². The Morgan fingerprint density at radius 3 is 2.89 bits per heavy atom. The van der Waals surface area contributed by atoms with Crippen molar-refractivity contribution in [1.82, 2.24) is 9.97 Å². The number of nitrogens with one attached hydrogen (secondary N) is 1. The molecule has 0 radical (unpaired) electrons. The summed E-state index contributed by atoms with van der Waals surface area (Å²) >= 11 is 1.23. The number of pyridine rings is 1. The van der Waals surface area contributed by atoms with E-state index in [0.29, 0.717) is 5.13 Å². The van der Waals surface area contributed by atoms with E-state index in [1.54, 1.807) is 12.3 Å². The molecule has 0 saturated carbocycles. The van der Waals surface area contributed by atoms with Crippen LogP contribution in [0.1, 0.15) is 16.1 Å². The number of nitrogens with zero attached hydrogens (tertiary/aromatic N) is 3. The lowest BCUT2D eigenvalue weighted by Gasteiger charge is -2.03. The monoisotopic (exact) mass is 279 g/mol. The zero-order valence-electron chi connectivity index (χ0n) is 9.78. The Morgan fingerprint density at radius 1 is 1.58 bits per heavy atom. The Balaban J connectivity index is 2.32. The molecule has 1 amide bonds. The van der Waals surface area contributed by atoms with Crippen molar-refractivity contribution < 1.29 is 9.72 Å². The van der Waals surface area contributed by atoms with Crippen LogP contribution in [0.3, 0.4) is 0 Å². The molecule has 0 saturated heterocycles. The molecule has 0 aliphatic rings. The van der Waals surface area contributed by atoms with E-state index in [1.165, 1.54) is 11.3 Å². The summed E-state index contributed by atoms with van der Waals surface area (Å²) in [6.07, 6.45) is 0.956. The Morgan fingerprint density at radius 2 is 2.32 bits per heavy atom. The van der Waals surface area contributed by atoms with Crippen LogP contribution in [0.4, 0.5) is 16.6 Å². The summed E-state index contributed by atoms with van der Waals surface area (Å²) < 4.78 is 0. The van der Waals surface area contributed by atoms with Crippen LogP contribution in [0, 0.1) is 17.0 Å². The fourth-order valence-corrected chi connectivity index (χ4v) is 2.05. The van der Waals surface area contributed by atoms with Crippen LogP contribution in [-0.2, 0) is 0 Å². The topological polar surface area (TPSA) is 124 Å². The number of nitro groups is 1. The molecule has 0 aromatic carbocycles. The lowest BCUT2D eigenvalue weighted by atomic mass is 10.2. The summed E-state index contributed by atoms with van der Waals surface area (Å²) in [6, 6.07) is 1.16. The van der Waals surface area contributed by atoms with Crippen LogP contribution < -0.4 is 11.1 Å². The number of thiazole rings is 1. The number of carbonyl (C=O) groups is 1. The van der Waals surface area contributed by atoms with Gasteiger partial charge in [0.25, 0.3) is 11.6 Å². The molecule has 0 unspecified atom stereocenters. The minimum atomic E-state index is -0.686. The summed E-state index contributed by atoms with van der Waals surface area (Å²) in [5, 5.41) is 15.4. The van der Waals surface area contributed by atoms with Gasteiger partial charge in [0.05, 0.1) is 10.6 Å². The SMILES string of the molecule is Cc1csc(NC(=O)c2cc(N)ncc2[N+](=O)[O-])n1. The Kier molecular flexibility index (Phi) is 3.38. The second-order valence-electron chi connectivity index (χ2n) is 3.63. The highest BCUT2D eigenvalue weighted by Crippen LogP contribution is 2.21. The second kappa shape index (κ2) is 4.98. The van der Waals surface area contributed by atoms with Crippen molar-refractivity contribution in [1.29, 1.82) is 0 Å². The predicted octanol–water partition coefficient (Wildman–Crippen LogP) is 1.59. The Labute approximate surface area is 111 Å². The van der Waals surface area contributed by atoms with Crippen molar-refractivity contribution in [2.24, 2.45) is 0 Å². The summed E-state index contributed by atoms with van der Waals surface area (Å²) in [7, 11) is 0. The molecule has 0 spiro atoms. The number of aryl methyl sites for hydroxylation is 1. The molecule has 2 rings (SSSR count). The van der Waals surface area contributed by atoms with Gasteiger partial charge >= 0.3 is 0 Å². The smallest absolute Gasteiger partial charge is 0.300 e. The highest BCUT2D eigenvalue weighted by Gasteiger charge is 2.21. The lowest BCUT2D eigenvalue weighted by molar-refractivity contribution is -0.385. The molecule has 19 heavy (non-hydrogen) atoms.